The van der Waals surface area contributed by atoms with Crippen molar-refractivity contribution in [3.05, 3.63) is 108 Å². The molecule has 0 radical (unpaired) electrons. The lowest BCUT2D eigenvalue weighted by Gasteiger charge is -2.13. The Bertz CT molecular complexity index is 1820. The Morgan fingerprint density at radius 1 is 1.00 bits per heavy atom. The number of carbonyl (C=O) groups excluding carboxylic acids is 1. The highest BCUT2D eigenvalue weighted by atomic mass is 32.2. The topological polar surface area (TPSA) is 125 Å². The third kappa shape index (κ3) is 6.81. The minimum Gasteiger partial charge on any atom is -0.325 e. The lowest BCUT2D eigenvalue weighted by atomic mass is 9.98. The van der Waals surface area contributed by atoms with Crippen molar-refractivity contribution >= 4 is 49.8 Å². The molecular formula is C30H23N5O3S3. The third-order valence-corrected chi connectivity index (χ3v) is 9.12. The zero-order valence-corrected chi connectivity index (χ0v) is 24.2. The molecular weight excluding hydrogens is 575 g/mol. The van der Waals surface area contributed by atoms with Gasteiger partial charge in [-0.1, -0.05) is 71.9 Å². The molecule has 0 aliphatic carbocycles. The molecule has 0 saturated carbocycles. The molecule has 0 aliphatic heterocycles. The summed E-state index contributed by atoms with van der Waals surface area (Å²) in [4.78, 5) is 21.6. The van der Waals surface area contributed by atoms with Crippen molar-refractivity contribution in [3.63, 3.8) is 0 Å². The molecule has 2 heterocycles. The number of rotatable bonds is 9. The molecule has 0 unspecified atom stereocenters. The molecule has 3 aromatic carbocycles. The predicted molar refractivity (Wildman–Crippen MR) is 163 cm³/mol. The molecule has 204 valence electrons. The number of amides is 1. The van der Waals surface area contributed by atoms with Gasteiger partial charge in [-0.25, -0.2) is 18.4 Å². The van der Waals surface area contributed by atoms with Gasteiger partial charge in [0.1, 0.15) is 11.1 Å². The fraction of sp³-hybridized carbons (Fsp3) is 0.0667. The first-order chi connectivity index (χ1) is 19.8. The number of pyridine rings is 1. The molecule has 0 bridgehead atoms. The molecule has 0 aliphatic rings. The SMILES string of the molecule is Cc1ccc(-c2cc(-c3ccccc3)nc(SCC(=O)Nc3ccc(S(=O)(=O)Nc4nccs4)cc3)c2C#N)cc1. The van der Waals surface area contributed by atoms with Crippen molar-refractivity contribution in [1.82, 2.24) is 9.97 Å². The van der Waals surface area contributed by atoms with Crippen molar-refractivity contribution < 1.29 is 13.2 Å². The second-order valence-corrected chi connectivity index (χ2v) is 12.4. The van der Waals surface area contributed by atoms with Crippen LogP contribution in [-0.4, -0.2) is 30.0 Å². The molecule has 5 rings (SSSR count). The summed E-state index contributed by atoms with van der Waals surface area (Å²) in [6, 6.07) is 27.6. The van der Waals surface area contributed by atoms with E-state index in [9.17, 15) is 18.5 Å². The van der Waals surface area contributed by atoms with Crippen LogP contribution in [0.25, 0.3) is 22.4 Å². The van der Waals surface area contributed by atoms with E-state index in [-0.39, 0.29) is 21.7 Å². The Labute approximate surface area is 246 Å². The summed E-state index contributed by atoms with van der Waals surface area (Å²) in [7, 11) is -3.80. The average molecular weight is 598 g/mol. The first-order valence-corrected chi connectivity index (χ1v) is 15.7. The van der Waals surface area contributed by atoms with E-state index in [1.807, 2.05) is 67.6 Å². The summed E-state index contributed by atoms with van der Waals surface area (Å²) in [6.45, 7) is 2.00. The van der Waals surface area contributed by atoms with Crippen molar-refractivity contribution in [2.24, 2.45) is 0 Å². The van der Waals surface area contributed by atoms with Crippen molar-refractivity contribution in [1.29, 1.82) is 5.26 Å². The van der Waals surface area contributed by atoms with E-state index in [1.165, 1.54) is 53.6 Å². The summed E-state index contributed by atoms with van der Waals surface area (Å²) in [5, 5.41) is 15.3. The van der Waals surface area contributed by atoms with Crippen LogP contribution in [0.4, 0.5) is 10.8 Å². The Kier molecular flexibility index (Phi) is 8.45. The summed E-state index contributed by atoms with van der Waals surface area (Å²) in [5.41, 5.74) is 5.17. The Morgan fingerprint density at radius 2 is 1.73 bits per heavy atom. The monoisotopic (exact) mass is 597 g/mol. The highest BCUT2D eigenvalue weighted by Crippen LogP contribution is 2.34. The van der Waals surface area contributed by atoms with Gasteiger partial charge >= 0.3 is 0 Å². The van der Waals surface area contributed by atoms with Crippen LogP contribution >= 0.6 is 23.1 Å². The van der Waals surface area contributed by atoms with Gasteiger partial charge in [-0.05, 0) is 42.8 Å². The Hall–Kier alpha value is -4.50. The zero-order chi connectivity index (χ0) is 28.8. The van der Waals surface area contributed by atoms with Crippen LogP contribution in [0.1, 0.15) is 11.1 Å². The second kappa shape index (κ2) is 12.3. The molecule has 11 heteroatoms. The average Bonchev–Trinajstić information content (AvgIpc) is 3.49. The summed E-state index contributed by atoms with van der Waals surface area (Å²) in [6.07, 6.45) is 1.51. The Balaban J connectivity index is 1.34. The molecule has 1 amide bonds. The number of hydrogen-bond acceptors (Lipinski definition) is 8. The lowest BCUT2D eigenvalue weighted by molar-refractivity contribution is -0.113. The van der Waals surface area contributed by atoms with E-state index in [4.69, 9.17) is 4.98 Å². The number of aromatic nitrogens is 2. The smallest absolute Gasteiger partial charge is 0.263 e. The number of aryl methyl sites for hydroxylation is 1. The molecule has 41 heavy (non-hydrogen) atoms. The number of nitrogens with zero attached hydrogens (tertiary/aromatic N) is 3. The standard InChI is InChI=1S/C30H23N5O3S3/c1-20-7-9-21(10-8-20)25-17-27(22-5-3-2-4-6-22)34-29(26(25)18-31)40-19-28(36)33-23-11-13-24(14-12-23)41(37,38)35-30-32-15-16-39-30/h2-17H,19H2,1H3,(H,32,35)(H,33,36). The number of carbonyl (C=O) groups is 1. The van der Waals surface area contributed by atoms with Crippen LogP contribution < -0.4 is 10.0 Å². The fourth-order valence-corrected chi connectivity index (χ4v) is 6.54. The number of benzene rings is 3. The van der Waals surface area contributed by atoms with Crippen LogP contribution in [0.15, 0.2) is 106 Å². The second-order valence-electron chi connectivity index (χ2n) is 8.88. The van der Waals surface area contributed by atoms with Crippen molar-refractivity contribution in [2.45, 2.75) is 16.8 Å². The maximum atomic E-state index is 12.8. The van der Waals surface area contributed by atoms with Crippen molar-refractivity contribution in [2.75, 3.05) is 15.8 Å². The summed E-state index contributed by atoms with van der Waals surface area (Å²) >= 11 is 2.35. The van der Waals surface area contributed by atoms with E-state index in [0.717, 1.165) is 22.3 Å². The predicted octanol–water partition coefficient (Wildman–Crippen LogP) is 6.58. The highest BCUT2D eigenvalue weighted by Gasteiger charge is 2.18. The maximum Gasteiger partial charge on any atom is 0.263 e. The molecule has 2 N–H and O–H groups in total. The van der Waals surface area contributed by atoms with E-state index in [1.54, 1.807) is 5.38 Å². The minimum atomic E-state index is -3.80. The number of thioether (sulfide) groups is 1. The number of thiazole rings is 1. The fourth-order valence-electron chi connectivity index (χ4n) is 3.95. The van der Waals surface area contributed by atoms with Gasteiger partial charge in [-0.2, -0.15) is 5.26 Å². The normalized spacial score (nSPS) is 11.0. The minimum absolute atomic E-state index is 0.00108. The molecule has 0 saturated heterocycles. The largest absolute Gasteiger partial charge is 0.325 e. The molecule has 2 aromatic heterocycles. The number of nitrogens with one attached hydrogen (secondary N) is 2. The summed E-state index contributed by atoms with van der Waals surface area (Å²) in [5.74, 6) is -0.321. The molecule has 0 spiro atoms. The Morgan fingerprint density at radius 3 is 2.39 bits per heavy atom. The van der Waals surface area contributed by atoms with E-state index in [2.05, 4.69) is 21.1 Å². The van der Waals surface area contributed by atoms with E-state index < -0.39 is 10.0 Å². The van der Waals surface area contributed by atoms with Crippen LogP contribution in [0.3, 0.4) is 0 Å². The van der Waals surface area contributed by atoms with E-state index in [0.29, 0.717) is 22.0 Å². The molecule has 0 fully saturated rings. The van der Waals surface area contributed by atoms with Crippen LogP contribution in [0.2, 0.25) is 0 Å². The van der Waals surface area contributed by atoms with Gasteiger partial charge in [0.2, 0.25) is 5.91 Å². The molecule has 8 nitrogen and oxygen atoms in total. The third-order valence-electron chi connectivity index (χ3n) is 5.97. The summed E-state index contributed by atoms with van der Waals surface area (Å²) < 4.78 is 27.5. The van der Waals surface area contributed by atoms with Gasteiger partial charge in [0.25, 0.3) is 10.0 Å². The highest BCUT2D eigenvalue weighted by molar-refractivity contribution is 8.00. The maximum absolute atomic E-state index is 12.8. The van der Waals surface area contributed by atoms with Crippen LogP contribution in [0.5, 0.6) is 0 Å². The number of sulfonamides is 1. The van der Waals surface area contributed by atoms with Crippen LogP contribution in [-0.2, 0) is 14.8 Å². The first kappa shape index (κ1) is 28.0. The van der Waals surface area contributed by atoms with Gasteiger partial charge in [-0.3, -0.25) is 9.52 Å². The van der Waals surface area contributed by atoms with Gasteiger partial charge in [-0.15, -0.1) is 11.3 Å². The first-order valence-electron chi connectivity index (χ1n) is 12.3. The van der Waals surface area contributed by atoms with Crippen LogP contribution in [0, 0.1) is 18.3 Å². The lowest BCUT2D eigenvalue weighted by Crippen LogP contribution is -2.15. The van der Waals surface area contributed by atoms with Gasteiger partial charge in [0.15, 0.2) is 5.13 Å². The number of hydrogen-bond donors (Lipinski definition) is 2. The number of anilines is 2. The van der Waals surface area contributed by atoms with Gasteiger partial charge in [0.05, 0.1) is 21.9 Å². The molecule has 0 atom stereocenters. The quantitative estimate of drug-likeness (QED) is 0.184. The van der Waals surface area contributed by atoms with E-state index >= 15 is 0 Å². The number of nitriles is 1. The van der Waals surface area contributed by atoms with Crippen molar-refractivity contribution in [3.8, 4) is 28.5 Å². The zero-order valence-electron chi connectivity index (χ0n) is 21.7. The molecule has 5 aromatic rings. The van der Waals surface area contributed by atoms with Gasteiger partial charge < -0.3 is 5.32 Å². The van der Waals surface area contributed by atoms with Gasteiger partial charge in [0, 0.05) is 28.4 Å².